The van der Waals surface area contributed by atoms with E-state index in [1.165, 1.54) is 32.6 Å². The number of aliphatic hydroxyl groups is 1. The van der Waals surface area contributed by atoms with Gasteiger partial charge in [-0.1, -0.05) is 6.42 Å². The molecule has 2 fully saturated rings. The van der Waals surface area contributed by atoms with Crippen LogP contribution in [0.25, 0.3) is 0 Å². The van der Waals surface area contributed by atoms with Crippen molar-refractivity contribution in [2.45, 2.75) is 44.8 Å². The van der Waals surface area contributed by atoms with Crippen LogP contribution in [0.3, 0.4) is 0 Å². The lowest BCUT2D eigenvalue weighted by Gasteiger charge is -2.28. The number of nitrogens with one attached hydrogen (secondary N) is 1. The van der Waals surface area contributed by atoms with Crippen LogP contribution in [0.2, 0.25) is 0 Å². The normalized spacial score (nSPS) is 30.9. The van der Waals surface area contributed by atoms with Gasteiger partial charge in [-0.05, 0) is 43.9 Å². The summed E-state index contributed by atoms with van der Waals surface area (Å²) in [5.41, 5.74) is 0. The minimum absolute atomic E-state index is 0.430. The summed E-state index contributed by atoms with van der Waals surface area (Å²) in [5, 5.41) is 20.7. The number of fused-ring (bicyclic) bond motifs is 2. The zero-order chi connectivity index (χ0) is 14.9. The fourth-order valence-corrected chi connectivity index (χ4v) is 3.67. The van der Waals surface area contributed by atoms with Crippen LogP contribution >= 0.6 is 0 Å². The second-order valence-electron chi connectivity index (χ2n) is 6.32. The van der Waals surface area contributed by atoms with E-state index in [0.717, 1.165) is 11.8 Å². The molecule has 2 amide bonds. The Morgan fingerprint density at radius 2 is 2.05 bits per heavy atom. The number of carbonyl (C=O) groups is 2. The number of carboxylic acids is 1. The molecule has 2 aliphatic carbocycles. The van der Waals surface area contributed by atoms with Crippen LogP contribution in [0.5, 0.6) is 0 Å². The van der Waals surface area contributed by atoms with Crippen molar-refractivity contribution in [3.05, 3.63) is 0 Å². The molecule has 5 atom stereocenters. The topological polar surface area (TPSA) is 89.9 Å². The highest BCUT2D eigenvalue weighted by Crippen LogP contribution is 2.48. The highest BCUT2D eigenvalue weighted by molar-refractivity contribution is 5.82. The lowest BCUT2D eigenvalue weighted by Crippen LogP contribution is -2.52. The van der Waals surface area contributed by atoms with E-state index in [1.54, 1.807) is 11.9 Å². The van der Waals surface area contributed by atoms with E-state index in [1.807, 2.05) is 0 Å². The quantitative estimate of drug-likeness (QED) is 0.699. The molecule has 2 bridgehead atoms. The number of hydrogen-bond donors (Lipinski definition) is 3. The lowest BCUT2D eigenvalue weighted by atomic mass is 9.88. The van der Waals surface area contributed by atoms with Crippen molar-refractivity contribution in [3.8, 4) is 0 Å². The summed E-state index contributed by atoms with van der Waals surface area (Å²) < 4.78 is 0. The first-order valence-corrected chi connectivity index (χ1v) is 7.31. The van der Waals surface area contributed by atoms with Gasteiger partial charge in [-0.3, -0.25) is 0 Å². The standard InChI is InChI=1S/C14H24N2O4/c1-8(17)12(13(18)19)15-14(20)16(2)7-11-6-9-3-4-10(11)5-9/h8-12,17H,3-7H2,1-2H3,(H,15,20)(H,18,19)/t8-,9?,10?,11?,12+/m1/s1. The number of aliphatic carboxylic acids is 1. The zero-order valence-corrected chi connectivity index (χ0v) is 12.1. The van der Waals surface area contributed by atoms with Crippen LogP contribution in [-0.2, 0) is 4.79 Å². The molecule has 6 heteroatoms. The molecule has 3 N–H and O–H groups in total. The van der Waals surface area contributed by atoms with Crippen molar-refractivity contribution in [3.63, 3.8) is 0 Å². The van der Waals surface area contributed by atoms with Gasteiger partial charge in [0.2, 0.25) is 0 Å². The first-order chi connectivity index (χ1) is 9.38. The van der Waals surface area contributed by atoms with E-state index in [0.29, 0.717) is 12.5 Å². The largest absolute Gasteiger partial charge is 0.480 e. The summed E-state index contributed by atoms with van der Waals surface area (Å²) in [6.45, 7) is 2.02. The van der Waals surface area contributed by atoms with Gasteiger partial charge < -0.3 is 20.4 Å². The smallest absolute Gasteiger partial charge is 0.328 e. The molecule has 0 aromatic rings. The van der Waals surface area contributed by atoms with Crippen molar-refractivity contribution in [1.82, 2.24) is 10.2 Å². The van der Waals surface area contributed by atoms with Gasteiger partial charge >= 0.3 is 12.0 Å². The van der Waals surface area contributed by atoms with Gasteiger partial charge in [-0.2, -0.15) is 0 Å². The van der Waals surface area contributed by atoms with E-state index in [9.17, 15) is 14.7 Å². The Bertz CT molecular complexity index is 385. The molecule has 0 radical (unpaired) electrons. The first-order valence-electron chi connectivity index (χ1n) is 7.31. The Balaban J connectivity index is 1.84. The maximum Gasteiger partial charge on any atom is 0.328 e. The summed E-state index contributed by atoms with van der Waals surface area (Å²) in [6, 6.07) is -1.69. The fourth-order valence-electron chi connectivity index (χ4n) is 3.67. The van der Waals surface area contributed by atoms with Gasteiger partial charge in [0.25, 0.3) is 0 Å². The molecule has 2 rings (SSSR count). The molecular formula is C14H24N2O4. The number of hydrogen-bond acceptors (Lipinski definition) is 3. The lowest BCUT2D eigenvalue weighted by molar-refractivity contribution is -0.141. The Morgan fingerprint density at radius 1 is 1.35 bits per heavy atom. The predicted octanol–water partition coefficient (Wildman–Crippen LogP) is 0.898. The Kier molecular flexibility index (Phi) is 4.52. The van der Waals surface area contributed by atoms with Crippen molar-refractivity contribution < 1.29 is 19.8 Å². The number of urea groups is 1. The third-order valence-electron chi connectivity index (χ3n) is 4.77. The number of amides is 2. The van der Waals surface area contributed by atoms with Crippen LogP contribution in [0.4, 0.5) is 4.79 Å². The SMILES string of the molecule is C[C@@H](O)[C@H](NC(=O)N(C)CC1CC2CCC1C2)C(=O)O. The zero-order valence-electron chi connectivity index (χ0n) is 12.1. The van der Waals surface area contributed by atoms with E-state index in [-0.39, 0.29) is 0 Å². The number of aliphatic hydroxyl groups excluding tert-OH is 1. The van der Waals surface area contributed by atoms with Crippen LogP contribution in [-0.4, -0.2) is 52.9 Å². The third-order valence-corrected chi connectivity index (χ3v) is 4.77. The molecule has 0 aromatic heterocycles. The van der Waals surface area contributed by atoms with Gasteiger partial charge in [-0.25, -0.2) is 9.59 Å². The minimum atomic E-state index is -1.26. The van der Waals surface area contributed by atoms with Crippen molar-refractivity contribution in [1.29, 1.82) is 0 Å². The van der Waals surface area contributed by atoms with Crippen LogP contribution in [0.15, 0.2) is 0 Å². The molecule has 114 valence electrons. The number of carboxylic acid groups (broad SMARTS) is 1. The summed E-state index contributed by atoms with van der Waals surface area (Å²) >= 11 is 0. The maximum absolute atomic E-state index is 12.0. The second-order valence-corrected chi connectivity index (χ2v) is 6.32. The Morgan fingerprint density at radius 3 is 2.50 bits per heavy atom. The minimum Gasteiger partial charge on any atom is -0.480 e. The molecule has 2 saturated carbocycles. The molecular weight excluding hydrogens is 260 g/mol. The third kappa shape index (κ3) is 3.23. The van der Waals surface area contributed by atoms with Crippen molar-refractivity contribution >= 4 is 12.0 Å². The molecule has 20 heavy (non-hydrogen) atoms. The van der Waals surface area contributed by atoms with Crippen LogP contribution in [0, 0.1) is 17.8 Å². The number of nitrogens with zero attached hydrogens (tertiary/aromatic N) is 1. The molecule has 0 aliphatic heterocycles. The van der Waals surface area contributed by atoms with Crippen molar-refractivity contribution in [2.75, 3.05) is 13.6 Å². The van der Waals surface area contributed by atoms with Gasteiger partial charge in [0.15, 0.2) is 6.04 Å². The fraction of sp³-hybridized carbons (Fsp3) is 0.857. The van der Waals surface area contributed by atoms with Crippen molar-refractivity contribution in [2.24, 2.45) is 17.8 Å². The van der Waals surface area contributed by atoms with E-state index < -0.39 is 24.1 Å². The highest BCUT2D eigenvalue weighted by Gasteiger charge is 2.40. The van der Waals surface area contributed by atoms with Crippen LogP contribution < -0.4 is 5.32 Å². The van der Waals surface area contributed by atoms with E-state index in [4.69, 9.17) is 5.11 Å². The van der Waals surface area contributed by atoms with Gasteiger partial charge in [0.1, 0.15) is 0 Å². The summed E-state index contributed by atoms with van der Waals surface area (Å²) in [6.07, 6.45) is 3.93. The first kappa shape index (κ1) is 15.1. The van der Waals surface area contributed by atoms with Gasteiger partial charge in [-0.15, -0.1) is 0 Å². The second kappa shape index (κ2) is 5.99. The highest BCUT2D eigenvalue weighted by atomic mass is 16.4. The molecule has 2 aliphatic rings. The molecule has 0 aromatic carbocycles. The van der Waals surface area contributed by atoms with Gasteiger partial charge in [0, 0.05) is 13.6 Å². The van der Waals surface area contributed by atoms with Crippen LogP contribution in [0.1, 0.15) is 32.6 Å². The van der Waals surface area contributed by atoms with E-state index >= 15 is 0 Å². The monoisotopic (exact) mass is 284 g/mol. The summed E-state index contributed by atoms with van der Waals surface area (Å²) in [4.78, 5) is 24.5. The average Bonchev–Trinajstić information content (AvgIpc) is 2.96. The average molecular weight is 284 g/mol. The molecule has 0 saturated heterocycles. The molecule has 6 nitrogen and oxygen atoms in total. The molecule has 0 spiro atoms. The predicted molar refractivity (Wildman–Crippen MR) is 73.2 cm³/mol. The van der Waals surface area contributed by atoms with Gasteiger partial charge in [0.05, 0.1) is 6.10 Å². The number of carbonyl (C=O) groups excluding carboxylic acids is 1. The summed E-state index contributed by atoms with van der Waals surface area (Å²) in [7, 11) is 1.68. The molecule has 3 unspecified atom stereocenters. The maximum atomic E-state index is 12.0. The Hall–Kier alpha value is -1.30. The van der Waals surface area contributed by atoms with E-state index in [2.05, 4.69) is 5.32 Å². The summed E-state index contributed by atoms with van der Waals surface area (Å²) in [5.74, 6) is 0.869. The molecule has 0 heterocycles. The number of rotatable bonds is 5. The Labute approximate surface area is 119 Å².